The van der Waals surface area contributed by atoms with Crippen molar-refractivity contribution >= 4 is 21.2 Å². The maximum absolute atomic E-state index is 11.8. The minimum Gasteiger partial charge on any atom is -0.391 e. The van der Waals surface area contributed by atoms with E-state index in [0.29, 0.717) is 5.01 Å². The van der Waals surface area contributed by atoms with E-state index in [1.165, 1.54) is 11.3 Å². The molecule has 6 heteroatoms. The fraction of sp³-hybridized carbons (Fsp3) is 0.727. The van der Waals surface area contributed by atoms with Gasteiger partial charge in [-0.05, 0) is 20.3 Å². The van der Waals surface area contributed by atoms with Gasteiger partial charge in [0.25, 0.3) is 0 Å². The Morgan fingerprint density at radius 2 is 2.06 bits per heavy atom. The van der Waals surface area contributed by atoms with Crippen LogP contribution in [-0.4, -0.2) is 23.8 Å². The normalized spacial score (nSPS) is 12.3. The molecular weight excluding hydrogens is 258 g/mol. The average Bonchev–Trinajstić information content (AvgIpc) is 2.60. The molecule has 0 radical (unpaired) electrons. The number of sulfone groups is 1. The molecule has 1 rings (SSSR count). The molecule has 0 unspecified atom stereocenters. The summed E-state index contributed by atoms with van der Waals surface area (Å²) in [5.41, 5.74) is 0.842. The van der Waals surface area contributed by atoms with Crippen molar-refractivity contribution in [2.75, 3.05) is 0 Å². The van der Waals surface area contributed by atoms with Crippen molar-refractivity contribution in [2.24, 2.45) is 0 Å². The Hall–Kier alpha value is -0.460. The summed E-state index contributed by atoms with van der Waals surface area (Å²) in [5.74, 6) is -0.0218. The van der Waals surface area contributed by atoms with Gasteiger partial charge in [-0.15, -0.1) is 11.3 Å². The lowest BCUT2D eigenvalue weighted by Crippen LogP contribution is -2.15. The third-order valence-corrected chi connectivity index (χ3v) is 5.87. The summed E-state index contributed by atoms with van der Waals surface area (Å²) < 4.78 is 23.5. The van der Waals surface area contributed by atoms with Gasteiger partial charge in [-0.3, -0.25) is 0 Å². The zero-order valence-electron chi connectivity index (χ0n) is 10.4. The van der Waals surface area contributed by atoms with Crippen LogP contribution in [0.3, 0.4) is 0 Å². The zero-order valence-corrected chi connectivity index (χ0v) is 12.1. The summed E-state index contributed by atoms with van der Waals surface area (Å²) in [4.78, 5) is 5.11. The fourth-order valence-electron chi connectivity index (χ4n) is 1.39. The Bertz CT molecular complexity index is 463. The molecule has 0 aliphatic carbocycles. The van der Waals surface area contributed by atoms with Crippen LogP contribution in [0.4, 0.5) is 0 Å². The van der Waals surface area contributed by atoms with Gasteiger partial charge in [0.15, 0.2) is 9.84 Å². The van der Waals surface area contributed by atoms with Crippen molar-refractivity contribution in [1.82, 2.24) is 4.98 Å². The first-order valence-corrected chi connectivity index (χ1v) is 8.23. The first-order valence-electron chi connectivity index (χ1n) is 5.70. The number of hydrogen-bond donors (Lipinski definition) is 1. The highest BCUT2D eigenvalue weighted by Gasteiger charge is 2.20. The Kier molecular flexibility index (Phi) is 5.09. The Balaban J connectivity index is 2.93. The van der Waals surface area contributed by atoms with Crippen LogP contribution in [0.15, 0.2) is 0 Å². The Morgan fingerprint density at radius 1 is 1.41 bits per heavy atom. The summed E-state index contributed by atoms with van der Waals surface area (Å²) in [7, 11) is -3.11. The van der Waals surface area contributed by atoms with Gasteiger partial charge in [0.2, 0.25) is 0 Å². The number of aliphatic hydroxyl groups excluding tert-OH is 1. The molecule has 1 aromatic rings. The van der Waals surface area contributed by atoms with Crippen LogP contribution in [0.1, 0.15) is 42.8 Å². The van der Waals surface area contributed by atoms with Gasteiger partial charge in [0.05, 0.1) is 22.4 Å². The van der Waals surface area contributed by atoms with E-state index in [9.17, 15) is 13.5 Å². The molecule has 0 spiro atoms. The lowest BCUT2D eigenvalue weighted by Gasteiger charge is -2.04. The average molecular weight is 277 g/mol. The van der Waals surface area contributed by atoms with Gasteiger partial charge in [-0.2, -0.15) is 0 Å². The molecule has 0 aliphatic rings. The van der Waals surface area contributed by atoms with Crippen LogP contribution in [0.5, 0.6) is 0 Å². The van der Waals surface area contributed by atoms with Gasteiger partial charge in [0, 0.05) is 0 Å². The number of rotatable bonds is 6. The van der Waals surface area contributed by atoms with Crippen molar-refractivity contribution < 1.29 is 13.5 Å². The molecule has 0 amide bonds. The molecule has 0 bridgehead atoms. The Labute approximate surface area is 107 Å². The van der Waals surface area contributed by atoms with Crippen LogP contribution >= 0.6 is 11.3 Å². The van der Waals surface area contributed by atoms with Crippen molar-refractivity contribution in [1.29, 1.82) is 0 Å². The van der Waals surface area contributed by atoms with Crippen LogP contribution in [0, 0.1) is 0 Å². The van der Waals surface area contributed by atoms with Crippen LogP contribution in [-0.2, 0) is 28.6 Å². The molecule has 0 aliphatic heterocycles. The first-order chi connectivity index (χ1) is 7.90. The third-order valence-electron chi connectivity index (χ3n) is 2.50. The number of thiazole rings is 1. The molecule has 0 saturated carbocycles. The summed E-state index contributed by atoms with van der Waals surface area (Å²) in [6.45, 7) is 5.31. The second-order valence-electron chi connectivity index (χ2n) is 4.24. The van der Waals surface area contributed by atoms with Crippen LogP contribution in [0.25, 0.3) is 0 Å². The van der Waals surface area contributed by atoms with Crippen LogP contribution < -0.4 is 0 Å². The smallest absolute Gasteiger partial charge is 0.159 e. The monoisotopic (exact) mass is 277 g/mol. The predicted molar refractivity (Wildman–Crippen MR) is 69.8 cm³/mol. The van der Waals surface area contributed by atoms with Gasteiger partial charge in [-0.1, -0.05) is 13.3 Å². The predicted octanol–water partition coefficient (Wildman–Crippen LogP) is 1.91. The van der Waals surface area contributed by atoms with Crippen LogP contribution in [0.2, 0.25) is 0 Å². The van der Waals surface area contributed by atoms with Crippen molar-refractivity contribution in [3.8, 4) is 0 Å². The third kappa shape index (κ3) is 3.76. The minimum atomic E-state index is -3.11. The largest absolute Gasteiger partial charge is 0.391 e. The number of aromatic nitrogens is 1. The molecule has 0 fully saturated rings. The molecule has 4 nitrogen and oxygen atoms in total. The van der Waals surface area contributed by atoms with E-state index < -0.39 is 15.1 Å². The highest BCUT2D eigenvalue weighted by Crippen LogP contribution is 2.22. The molecule has 0 aromatic carbocycles. The molecule has 0 atom stereocenters. The molecule has 1 heterocycles. The second-order valence-corrected chi connectivity index (χ2v) is 7.97. The summed E-state index contributed by atoms with van der Waals surface area (Å²) in [6.07, 6.45) is 1.72. The van der Waals surface area contributed by atoms with E-state index in [0.717, 1.165) is 23.4 Å². The number of hydrogen-bond acceptors (Lipinski definition) is 5. The van der Waals surface area contributed by atoms with E-state index in [2.05, 4.69) is 4.98 Å². The Morgan fingerprint density at radius 3 is 2.53 bits per heavy atom. The van der Waals surface area contributed by atoms with E-state index in [1.807, 2.05) is 6.92 Å². The highest BCUT2D eigenvalue weighted by atomic mass is 32.2. The zero-order chi connectivity index (χ0) is 13.1. The van der Waals surface area contributed by atoms with Gasteiger partial charge in [-0.25, -0.2) is 13.4 Å². The fourth-order valence-corrected chi connectivity index (χ4v) is 3.63. The SMILES string of the molecule is CCCc1nc(CS(=O)(=O)C(C)C)sc1CO. The molecule has 1 aromatic heterocycles. The number of nitrogens with zero attached hydrogens (tertiary/aromatic N) is 1. The lowest BCUT2D eigenvalue weighted by atomic mass is 10.2. The minimum absolute atomic E-state index is 0.0218. The van der Waals surface area contributed by atoms with E-state index >= 15 is 0 Å². The van der Waals surface area contributed by atoms with Gasteiger partial charge < -0.3 is 5.11 Å². The maximum atomic E-state index is 11.8. The molecule has 0 saturated heterocycles. The van der Waals surface area contributed by atoms with Crippen molar-refractivity contribution in [3.63, 3.8) is 0 Å². The molecular formula is C11H19NO3S2. The van der Waals surface area contributed by atoms with E-state index in [4.69, 9.17) is 0 Å². The standard InChI is InChI=1S/C11H19NO3S2/c1-4-5-9-10(6-13)16-11(12-9)7-17(14,15)8(2)3/h8,13H,4-7H2,1-3H3. The summed E-state index contributed by atoms with van der Waals surface area (Å²) in [6, 6.07) is 0. The van der Waals surface area contributed by atoms with Gasteiger partial charge >= 0.3 is 0 Å². The number of aliphatic hydroxyl groups is 1. The topological polar surface area (TPSA) is 67.3 Å². The first kappa shape index (κ1) is 14.6. The van der Waals surface area contributed by atoms with Crippen molar-refractivity contribution in [3.05, 3.63) is 15.6 Å². The van der Waals surface area contributed by atoms with E-state index in [1.54, 1.807) is 13.8 Å². The molecule has 98 valence electrons. The molecule has 17 heavy (non-hydrogen) atoms. The second kappa shape index (κ2) is 5.93. The van der Waals surface area contributed by atoms with Gasteiger partial charge in [0.1, 0.15) is 10.8 Å². The summed E-state index contributed by atoms with van der Waals surface area (Å²) >= 11 is 1.30. The van der Waals surface area contributed by atoms with E-state index in [-0.39, 0.29) is 12.4 Å². The van der Waals surface area contributed by atoms with Crippen molar-refractivity contribution in [2.45, 2.75) is 51.2 Å². The molecule has 1 N–H and O–H groups in total. The lowest BCUT2D eigenvalue weighted by molar-refractivity contribution is 0.284. The highest BCUT2D eigenvalue weighted by molar-refractivity contribution is 7.91. The maximum Gasteiger partial charge on any atom is 0.159 e. The number of aryl methyl sites for hydroxylation is 1. The summed E-state index contributed by atoms with van der Waals surface area (Å²) in [5, 5.41) is 9.39. The quantitative estimate of drug-likeness (QED) is 0.862.